The van der Waals surface area contributed by atoms with Gasteiger partial charge in [-0.3, -0.25) is 9.59 Å². The summed E-state index contributed by atoms with van der Waals surface area (Å²) in [6.45, 7) is 4.38. The number of amides is 2. The molecule has 0 unspecified atom stereocenters. The zero-order chi connectivity index (χ0) is 21.8. The van der Waals surface area contributed by atoms with Crippen molar-refractivity contribution in [1.29, 1.82) is 0 Å². The van der Waals surface area contributed by atoms with Gasteiger partial charge in [-0.1, -0.05) is 42.0 Å². The fourth-order valence-electron chi connectivity index (χ4n) is 3.28. The number of carbonyl (C=O) groups excluding carboxylic acids is 2. The lowest BCUT2D eigenvalue weighted by molar-refractivity contribution is 0.0949. The Morgan fingerprint density at radius 1 is 0.903 bits per heavy atom. The van der Waals surface area contributed by atoms with Crippen molar-refractivity contribution in [3.8, 4) is 5.75 Å². The molecule has 31 heavy (non-hydrogen) atoms. The third-order valence-corrected chi connectivity index (χ3v) is 5.24. The normalized spacial score (nSPS) is 12.8. The van der Waals surface area contributed by atoms with Gasteiger partial charge in [-0.25, -0.2) is 0 Å². The monoisotopic (exact) mass is 414 g/mol. The Hall–Kier alpha value is -3.60. The predicted octanol–water partition coefficient (Wildman–Crippen LogP) is 5.03. The summed E-state index contributed by atoms with van der Waals surface area (Å²) in [6, 6.07) is 20.9. The number of anilines is 1. The maximum Gasteiger partial charge on any atom is 0.255 e. The van der Waals surface area contributed by atoms with Crippen LogP contribution in [0.4, 0.5) is 5.69 Å². The lowest BCUT2D eigenvalue weighted by Gasteiger charge is -2.12. The first kappa shape index (κ1) is 20.7. The van der Waals surface area contributed by atoms with E-state index in [0.29, 0.717) is 29.2 Å². The summed E-state index contributed by atoms with van der Waals surface area (Å²) in [7, 11) is 0. The van der Waals surface area contributed by atoms with Crippen molar-refractivity contribution in [2.75, 3.05) is 5.32 Å². The van der Waals surface area contributed by atoms with E-state index in [-0.39, 0.29) is 17.9 Å². The first-order valence-corrected chi connectivity index (χ1v) is 10.5. The molecule has 3 aromatic carbocycles. The molecule has 0 bridgehead atoms. The van der Waals surface area contributed by atoms with Crippen LogP contribution < -0.4 is 15.4 Å². The van der Waals surface area contributed by atoms with Crippen molar-refractivity contribution in [3.05, 3.63) is 94.5 Å². The summed E-state index contributed by atoms with van der Waals surface area (Å²) >= 11 is 0. The quantitative estimate of drug-likeness (QED) is 0.570. The molecule has 4 rings (SSSR count). The second-order valence-corrected chi connectivity index (χ2v) is 8.04. The fraction of sp³-hybridized carbons (Fsp3) is 0.231. The van der Waals surface area contributed by atoms with Crippen LogP contribution in [0.1, 0.15) is 50.2 Å². The van der Waals surface area contributed by atoms with Gasteiger partial charge in [-0.15, -0.1) is 0 Å². The van der Waals surface area contributed by atoms with Gasteiger partial charge in [-0.05, 0) is 68.1 Å². The van der Waals surface area contributed by atoms with Crippen LogP contribution in [0, 0.1) is 13.8 Å². The lowest BCUT2D eigenvalue weighted by Crippen LogP contribution is -2.25. The Bertz CT molecular complexity index is 1120. The van der Waals surface area contributed by atoms with E-state index in [9.17, 15) is 9.59 Å². The molecule has 5 heteroatoms. The largest absolute Gasteiger partial charge is 0.489 e. The smallest absolute Gasteiger partial charge is 0.255 e. The number of carbonyl (C=O) groups is 2. The predicted molar refractivity (Wildman–Crippen MR) is 122 cm³/mol. The number of aryl methyl sites for hydroxylation is 2. The number of nitrogens with one attached hydrogen (secondary N) is 2. The van der Waals surface area contributed by atoms with Crippen molar-refractivity contribution < 1.29 is 14.3 Å². The summed E-state index contributed by atoms with van der Waals surface area (Å²) in [5.41, 5.74) is 4.81. The number of rotatable bonds is 7. The molecule has 158 valence electrons. The molecule has 3 aromatic rings. The first-order valence-electron chi connectivity index (χ1n) is 10.5. The Morgan fingerprint density at radius 2 is 1.68 bits per heavy atom. The van der Waals surface area contributed by atoms with Crippen molar-refractivity contribution in [3.63, 3.8) is 0 Å². The Balaban J connectivity index is 1.43. The summed E-state index contributed by atoms with van der Waals surface area (Å²) in [4.78, 5) is 25.2. The van der Waals surface area contributed by atoms with E-state index in [0.717, 1.165) is 24.0 Å². The minimum atomic E-state index is -0.246. The Labute approximate surface area is 182 Å². The zero-order valence-corrected chi connectivity index (χ0v) is 17.8. The molecular formula is C26H26N2O3. The molecular weight excluding hydrogens is 388 g/mol. The summed E-state index contributed by atoms with van der Waals surface area (Å²) in [6.07, 6.45) is 2.06. The van der Waals surface area contributed by atoms with Crippen LogP contribution in [0.2, 0.25) is 0 Å². The van der Waals surface area contributed by atoms with Gasteiger partial charge in [0.05, 0.1) is 0 Å². The van der Waals surface area contributed by atoms with Gasteiger partial charge in [0.2, 0.25) is 0 Å². The van der Waals surface area contributed by atoms with Gasteiger partial charge in [0.15, 0.2) is 0 Å². The van der Waals surface area contributed by atoms with Crippen LogP contribution in [-0.2, 0) is 6.61 Å². The molecule has 0 aliphatic heterocycles. The molecule has 0 radical (unpaired) electrons. The van der Waals surface area contributed by atoms with Crippen LogP contribution in [0.3, 0.4) is 0 Å². The molecule has 1 aliphatic rings. The molecule has 2 amide bonds. The minimum absolute atomic E-state index is 0.107. The molecule has 2 N–H and O–H groups in total. The third kappa shape index (κ3) is 5.51. The van der Waals surface area contributed by atoms with Gasteiger partial charge < -0.3 is 15.4 Å². The third-order valence-electron chi connectivity index (χ3n) is 5.24. The first-order chi connectivity index (χ1) is 15.0. The van der Waals surface area contributed by atoms with Gasteiger partial charge in [0.1, 0.15) is 12.4 Å². The fourth-order valence-corrected chi connectivity index (χ4v) is 3.28. The molecule has 0 heterocycles. The molecule has 1 saturated carbocycles. The molecule has 1 fully saturated rings. The molecule has 0 spiro atoms. The average Bonchev–Trinajstić information content (AvgIpc) is 3.58. The van der Waals surface area contributed by atoms with Crippen LogP contribution in [0.15, 0.2) is 66.7 Å². The molecule has 0 aromatic heterocycles. The van der Waals surface area contributed by atoms with Crippen LogP contribution in [-0.4, -0.2) is 17.9 Å². The summed E-state index contributed by atoms with van der Waals surface area (Å²) < 4.78 is 5.87. The zero-order valence-electron chi connectivity index (χ0n) is 17.8. The second kappa shape index (κ2) is 9.04. The highest BCUT2D eigenvalue weighted by molar-refractivity contribution is 6.05. The molecule has 0 saturated heterocycles. The van der Waals surface area contributed by atoms with Crippen LogP contribution >= 0.6 is 0 Å². The number of ether oxygens (including phenoxy) is 1. The van der Waals surface area contributed by atoms with E-state index in [1.54, 1.807) is 30.3 Å². The second-order valence-electron chi connectivity index (χ2n) is 8.04. The highest BCUT2D eigenvalue weighted by Gasteiger charge is 2.24. The maximum absolute atomic E-state index is 12.8. The summed E-state index contributed by atoms with van der Waals surface area (Å²) in [5.74, 6) is 0.275. The SMILES string of the molecule is Cc1cccc(COc2cccc(C(=O)Nc3cc(C(=O)NC4CC4)ccc3C)c2)c1. The van der Waals surface area contributed by atoms with E-state index < -0.39 is 0 Å². The van der Waals surface area contributed by atoms with Crippen molar-refractivity contribution in [1.82, 2.24) is 5.32 Å². The highest BCUT2D eigenvalue weighted by atomic mass is 16.5. The topological polar surface area (TPSA) is 67.4 Å². The van der Waals surface area contributed by atoms with Crippen LogP contribution in [0.25, 0.3) is 0 Å². The number of benzene rings is 3. The Kier molecular flexibility index (Phi) is 6.03. The van der Waals surface area contributed by atoms with E-state index in [1.807, 2.05) is 44.2 Å². The van der Waals surface area contributed by atoms with Crippen molar-refractivity contribution in [2.24, 2.45) is 0 Å². The van der Waals surface area contributed by atoms with Gasteiger partial charge in [0, 0.05) is 22.9 Å². The summed E-state index contributed by atoms with van der Waals surface area (Å²) in [5, 5.41) is 5.90. The van der Waals surface area contributed by atoms with Crippen molar-refractivity contribution >= 4 is 17.5 Å². The van der Waals surface area contributed by atoms with Gasteiger partial charge in [-0.2, -0.15) is 0 Å². The number of hydrogen-bond donors (Lipinski definition) is 2. The van der Waals surface area contributed by atoms with E-state index in [4.69, 9.17) is 4.74 Å². The number of hydrogen-bond acceptors (Lipinski definition) is 3. The van der Waals surface area contributed by atoms with E-state index in [2.05, 4.69) is 16.7 Å². The van der Waals surface area contributed by atoms with Crippen LogP contribution in [0.5, 0.6) is 5.75 Å². The standard InChI is InChI=1S/C26H26N2O3/c1-17-5-3-6-19(13-17)16-31-23-8-4-7-20(14-23)26(30)28-24-15-21(10-9-18(24)2)25(29)27-22-11-12-22/h3-10,13-15,22H,11-12,16H2,1-2H3,(H,27,29)(H,28,30). The molecule has 0 atom stereocenters. The molecule has 5 nitrogen and oxygen atoms in total. The van der Waals surface area contributed by atoms with Gasteiger partial charge >= 0.3 is 0 Å². The maximum atomic E-state index is 12.8. The Morgan fingerprint density at radius 3 is 2.45 bits per heavy atom. The average molecular weight is 415 g/mol. The van der Waals surface area contributed by atoms with Gasteiger partial charge in [0.25, 0.3) is 11.8 Å². The van der Waals surface area contributed by atoms with E-state index >= 15 is 0 Å². The van der Waals surface area contributed by atoms with Crippen molar-refractivity contribution in [2.45, 2.75) is 39.3 Å². The lowest BCUT2D eigenvalue weighted by atomic mass is 10.1. The van der Waals surface area contributed by atoms with E-state index in [1.165, 1.54) is 5.56 Å². The highest BCUT2D eigenvalue weighted by Crippen LogP contribution is 2.22. The molecule has 1 aliphatic carbocycles. The minimum Gasteiger partial charge on any atom is -0.489 e.